The van der Waals surface area contributed by atoms with Gasteiger partial charge in [0.15, 0.2) is 6.29 Å². The Balaban J connectivity index is 2.27. The highest BCUT2D eigenvalue weighted by Crippen LogP contribution is 2.23. The van der Waals surface area contributed by atoms with Crippen molar-refractivity contribution in [3.8, 4) is 0 Å². The predicted octanol–water partition coefficient (Wildman–Crippen LogP) is 13.2. The van der Waals surface area contributed by atoms with Gasteiger partial charge in [-0.15, -0.1) is 0 Å². The van der Waals surface area contributed by atoms with E-state index in [-0.39, 0.29) is 12.8 Å². The Kier molecular flexibility index (Phi) is 48.1. The lowest BCUT2D eigenvalue weighted by Crippen LogP contribution is -2.60. The van der Waals surface area contributed by atoms with Crippen LogP contribution >= 0.6 is 0 Å². The second-order valence-electron chi connectivity index (χ2n) is 21.4. The maximum Gasteiger partial charge on any atom is 0.249 e. The van der Waals surface area contributed by atoms with Crippen LogP contribution in [-0.2, 0) is 14.3 Å². The third-order valence-electron chi connectivity index (χ3n) is 14.6. The Bertz CT molecular complexity index is 1320. The summed E-state index contributed by atoms with van der Waals surface area (Å²) in [6, 6.07) is -1.20. The summed E-state index contributed by atoms with van der Waals surface area (Å²) in [6.07, 6.45) is 53.2. The summed E-state index contributed by atoms with van der Waals surface area (Å²) in [4.78, 5) is 13.2. The molecule has 1 fully saturated rings. The molecule has 0 radical (unpaired) electrons. The Morgan fingerprint density at radius 1 is 0.466 bits per heavy atom. The lowest BCUT2D eigenvalue weighted by molar-refractivity contribution is -0.303. The van der Waals surface area contributed by atoms with E-state index in [1.54, 1.807) is 0 Å². The molecule has 1 amide bonds. The monoisotopic (exact) mass is 1030 g/mol. The van der Waals surface area contributed by atoms with E-state index in [0.717, 1.165) is 44.9 Å². The minimum absolute atomic E-state index is 0.240. The van der Waals surface area contributed by atoms with Gasteiger partial charge in [0, 0.05) is 0 Å². The normalized spacial score (nSPS) is 20.3. The fourth-order valence-corrected chi connectivity index (χ4v) is 9.59. The summed E-state index contributed by atoms with van der Waals surface area (Å²) in [6.45, 7) is 3.43. The van der Waals surface area contributed by atoms with Crippen molar-refractivity contribution in [2.45, 2.75) is 326 Å². The van der Waals surface area contributed by atoms with Crippen molar-refractivity contribution < 1.29 is 50.0 Å². The number of hydrogen-bond acceptors (Lipinski definition) is 10. The molecule has 1 heterocycles. The summed E-state index contributed by atoms with van der Waals surface area (Å²) in [5.41, 5.74) is 0. The fraction of sp³-hybridized carbons (Fsp3) is 0.855. The van der Waals surface area contributed by atoms with Crippen LogP contribution < -0.4 is 5.32 Å². The second-order valence-corrected chi connectivity index (χ2v) is 21.4. The van der Waals surface area contributed by atoms with Gasteiger partial charge >= 0.3 is 0 Å². The minimum atomic E-state index is -1.67. The molecule has 8 N–H and O–H groups in total. The van der Waals surface area contributed by atoms with Crippen molar-refractivity contribution >= 4 is 5.91 Å². The molecule has 1 rings (SSSR count). The Labute approximate surface area is 447 Å². The molecular formula is C62H115NO10. The Morgan fingerprint density at radius 3 is 1.23 bits per heavy atom. The third-order valence-corrected chi connectivity index (χ3v) is 14.6. The van der Waals surface area contributed by atoms with Crippen molar-refractivity contribution in [2.24, 2.45) is 0 Å². The number of amides is 1. The first-order valence-corrected chi connectivity index (χ1v) is 30.5. The molecule has 9 atom stereocenters. The molecule has 0 aromatic heterocycles. The summed E-state index contributed by atoms with van der Waals surface area (Å²) < 4.78 is 11.1. The average molecular weight is 1030 g/mol. The molecular weight excluding hydrogens is 919 g/mol. The van der Waals surface area contributed by atoms with Crippen LogP contribution in [0, 0.1) is 0 Å². The molecule has 1 aliphatic heterocycles. The average Bonchev–Trinajstić information content (AvgIpc) is 3.39. The first-order chi connectivity index (χ1) is 35.7. The molecule has 0 aromatic carbocycles. The van der Waals surface area contributed by atoms with Gasteiger partial charge in [0.25, 0.3) is 0 Å². The maximum absolute atomic E-state index is 13.2. The van der Waals surface area contributed by atoms with Gasteiger partial charge in [0.05, 0.1) is 25.4 Å². The lowest BCUT2D eigenvalue weighted by atomic mass is 9.98. The zero-order valence-electron chi connectivity index (χ0n) is 46.9. The molecule has 1 saturated heterocycles. The topological polar surface area (TPSA) is 189 Å². The smallest absolute Gasteiger partial charge is 0.249 e. The van der Waals surface area contributed by atoms with E-state index in [9.17, 15) is 40.5 Å². The number of carbonyl (C=O) groups excluding carboxylic acids is 1. The van der Waals surface area contributed by atoms with E-state index in [1.165, 1.54) is 180 Å². The van der Waals surface area contributed by atoms with Crippen LogP contribution in [-0.4, -0.2) is 110 Å². The number of allylic oxidation sites excluding steroid dienone is 8. The summed E-state index contributed by atoms with van der Waals surface area (Å²) in [5, 5.41) is 76.1. The van der Waals surface area contributed by atoms with Gasteiger partial charge in [0.1, 0.15) is 36.6 Å². The number of carbonyl (C=O) groups is 1. The minimum Gasteiger partial charge on any atom is -0.394 e. The molecule has 0 aromatic rings. The molecule has 0 aliphatic carbocycles. The predicted molar refractivity (Wildman–Crippen MR) is 302 cm³/mol. The standard InChI is InChI=1S/C62H115NO10/c1-3-5-7-9-11-13-15-17-19-21-22-23-24-25-26-27-28-29-30-31-32-34-36-38-40-42-44-46-48-50-55(66)61(71)63-53(52-72-62-60(70)59(69)58(68)56(51-64)73-62)57(67)54(65)49-47-45-43-41-39-37-35-33-20-18-16-14-12-10-8-6-4-2/h14,16,25-26,33,35,41,43,53-60,62,64-70H,3-13,15,17-24,27-32,34,36-40,42,44-52H2,1-2H3,(H,63,71)/b16-14+,26-25-,35-33+,43-41+. The van der Waals surface area contributed by atoms with E-state index in [2.05, 4.69) is 67.8 Å². The fourth-order valence-electron chi connectivity index (χ4n) is 9.59. The lowest BCUT2D eigenvalue weighted by Gasteiger charge is -2.40. The van der Waals surface area contributed by atoms with Crippen molar-refractivity contribution in [2.75, 3.05) is 13.2 Å². The zero-order chi connectivity index (χ0) is 53.3. The van der Waals surface area contributed by atoms with Gasteiger partial charge in [-0.2, -0.15) is 0 Å². The second kappa shape index (κ2) is 50.9. The maximum atomic E-state index is 13.2. The van der Waals surface area contributed by atoms with Gasteiger partial charge in [-0.1, -0.05) is 229 Å². The van der Waals surface area contributed by atoms with Crippen LogP contribution in [0.1, 0.15) is 271 Å². The first-order valence-electron chi connectivity index (χ1n) is 30.5. The van der Waals surface area contributed by atoms with E-state index < -0.39 is 74.2 Å². The third kappa shape index (κ3) is 39.1. The number of hydrogen-bond donors (Lipinski definition) is 8. The summed E-state index contributed by atoms with van der Waals surface area (Å²) in [7, 11) is 0. The van der Waals surface area contributed by atoms with Crippen LogP contribution in [0.5, 0.6) is 0 Å². The van der Waals surface area contributed by atoms with Crippen LogP contribution in [0.15, 0.2) is 48.6 Å². The van der Waals surface area contributed by atoms with E-state index in [0.29, 0.717) is 19.3 Å². The highest BCUT2D eigenvalue weighted by Gasteiger charge is 2.44. The first kappa shape index (κ1) is 69.1. The summed E-state index contributed by atoms with van der Waals surface area (Å²) >= 11 is 0. The quantitative estimate of drug-likeness (QED) is 0.0215. The molecule has 11 heteroatoms. The van der Waals surface area contributed by atoms with E-state index in [4.69, 9.17) is 9.47 Å². The zero-order valence-corrected chi connectivity index (χ0v) is 46.9. The number of aliphatic hydroxyl groups excluding tert-OH is 7. The Hall–Kier alpha value is -1.93. The Morgan fingerprint density at radius 2 is 0.822 bits per heavy atom. The van der Waals surface area contributed by atoms with E-state index >= 15 is 0 Å². The number of aliphatic hydroxyl groups is 7. The molecule has 1 aliphatic rings. The molecule has 0 saturated carbocycles. The van der Waals surface area contributed by atoms with Crippen LogP contribution in [0.2, 0.25) is 0 Å². The molecule has 9 unspecified atom stereocenters. The van der Waals surface area contributed by atoms with Crippen molar-refractivity contribution in [3.63, 3.8) is 0 Å². The van der Waals surface area contributed by atoms with Gasteiger partial charge in [0.2, 0.25) is 5.91 Å². The number of ether oxygens (including phenoxy) is 2. The SMILES string of the molecule is CCCCCC/C=C/CC/C=C/CC/C=C/CCCC(O)C(O)C(COC1OC(CO)C(O)C(O)C1O)NC(=O)C(O)CCCCCCCCCCCCCCC/C=C\CCCCCCCCCCCCCC. The molecule has 0 spiro atoms. The molecule has 0 bridgehead atoms. The van der Waals surface area contributed by atoms with Crippen LogP contribution in [0.25, 0.3) is 0 Å². The molecule has 428 valence electrons. The van der Waals surface area contributed by atoms with Gasteiger partial charge in [-0.05, 0) is 89.9 Å². The van der Waals surface area contributed by atoms with Crippen LogP contribution in [0.3, 0.4) is 0 Å². The highest BCUT2D eigenvalue weighted by molar-refractivity contribution is 5.80. The van der Waals surface area contributed by atoms with Crippen LogP contribution in [0.4, 0.5) is 0 Å². The number of rotatable bonds is 52. The number of unbranched alkanes of at least 4 members (excludes halogenated alkanes) is 32. The summed E-state index contributed by atoms with van der Waals surface area (Å²) in [5.74, 6) is -0.711. The molecule has 73 heavy (non-hydrogen) atoms. The largest absolute Gasteiger partial charge is 0.394 e. The van der Waals surface area contributed by atoms with Gasteiger partial charge < -0.3 is 50.5 Å². The van der Waals surface area contributed by atoms with Gasteiger partial charge in [-0.25, -0.2) is 0 Å². The highest BCUT2D eigenvalue weighted by atomic mass is 16.7. The van der Waals surface area contributed by atoms with Crippen molar-refractivity contribution in [1.29, 1.82) is 0 Å². The van der Waals surface area contributed by atoms with Crippen molar-refractivity contribution in [1.82, 2.24) is 5.32 Å². The van der Waals surface area contributed by atoms with E-state index in [1.807, 2.05) is 0 Å². The molecule has 11 nitrogen and oxygen atoms in total. The number of nitrogens with one attached hydrogen (secondary N) is 1. The van der Waals surface area contributed by atoms with Gasteiger partial charge in [-0.3, -0.25) is 4.79 Å². The van der Waals surface area contributed by atoms with Crippen molar-refractivity contribution in [3.05, 3.63) is 48.6 Å².